The average molecular weight is 310 g/mol. The van der Waals surface area contributed by atoms with Crippen LogP contribution in [-0.2, 0) is 0 Å². The maximum atomic E-state index is 10.1. The van der Waals surface area contributed by atoms with Gasteiger partial charge < -0.3 is 15.3 Å². The Bertz CT molecular complexity index is 727. The summed E-state index contributed by atoms with van der Waals surface area (Å²) in [6.45, 7) is 7.87. The Hall–Kier alpha value is -2.68. The Morgan fingerprint density at radius 1 is 1.04 bits per heavy atom. The lowest BCUT2D eigenvalue weighted by Crippen LogP contribution is -1.97. The van der Waals surface area contributed by atoms with E-state index in [1.54, 1.807) is 24.3 Å². The van der Waals surface area contributed by atoms with Crippen LogP contribution in [0, 0.1) is 5.92 Å². The first-order valence-electron chi connectivity index (χ1n) is 7.56. The summed E-state index contributed by atoms with van der Waals surface area (Å²) < 4.78 is 0. The van der Waals surface area contributed by atoms with E-state index in [2.05, 4.69) is 13.5 Å². The fourth-order valence-electron chi connectivity index (χ4n) is 2.56. The molecular weight excluding hydrogens is 288 g/mol. The number of phenols is 3. The first-order valence-corrected chi connectivity index (χ1v) is 7.56. The van der Waals surface area contributed by atoms with Crippen LogP contribution in [0.1, 0.15) is 31.4 Å². The third kappa shape index (κ3) is 3.95. The van der Waals surface area contributed by atoms with E-state index in [-0.39, 0.29) is 23.2 Å². The quantitative estimate of drug-likeness (QED) is 0.541. The molecule has 0 aliphatic carbocycles. The van der Waals surface area contributed by atoms with Gasteiger partial charge in [-0.05, 0) is 60.2 Å². The van der Waals surface area contributed by atoms with E-state index in [1.165, 1.54) is 6.07 Å². The first kappa shape index (κ1) is 16.7. The summed E-state index contributed by atoms with van der Waals surface area (Å²) in [5, 5.41) is 29.1. The maximum absolute atomic E-state index is 10.1. The predicted molar refractivity (Wildman–Crippen MR) is 94.3 cm³/mol. The van der Waals surface area contributed by atoms with Crippen LogP contribution in [0.3, 0.4) is 0 Å². The highest BCUT2D eigenvalue weighted by Gasteiger charge is 2.13. The van der Waals surface area contributed by atoms with Gasteiger partial charge in [-0.1, -0.05) is 25.1 Å². The van der Waals surface area contributed by atoms with Crippen LogP contribution in [0.15, 0.2) is 55.1 Å². The number of hydrogen-bond acceptors (Lipinski definition) is 3. The predicted octanol–water partition coefficient (Wildman–Crippen LogP) is 4.95. The van der Waals surface area contributed by atoms with Gasteiger partial charge in [0.2, 0.25) is 0 Å². The van der Waals surface area contributed by atoms with Gasteiger partial charge in [0.05, 0.1) is 0 Å². The summed E-state index contributed by atoms with van der Waals surface area (Å²) in [6.07, 6.45) is 2.66. The van der Waals surface area contributed by atoms with E-state index in [1.807, 2.05) is 25.1 Å². The molecule has 2 aromatic carbocycles. The molecule has 0 spiro atoms. The summed E-state index contributed by atoms with van der Waals surface area (Å²) in [5.74, 6) is 0.567. The van der Waals surface area contributed by atoms with Crippen LogP contribution in [0.4, 0.5) is 0 Å². The Balaban J connectivity index is 2.57. The fraction of sp³-hybridized carbons (Fsp3) is 0.200. The molecule has 0 radical (unpaired) electrons. The highest BCUT2D eigenvalue weighted by atomic mass is 16.3. The molecule has 3 heteroatoms. The highest BCUT2D eigenvalue weighted by molar-refractivity contribution is 5.91. The van der Waals surface area contributed by atoms with Crippen LogP contribution in [0.2, 0.25) is 0 Å². The van der Waals surface area contributed by atoms with E-state index in [0.717, 1.165) is 23.1 Å². The molecule has 0 bridgehead atoms. The van der Waals surface area contributed by atoms with E-state index in [0.29, 0.717) is 5.56 Å². The van der Waals surface area contributed by atoms with Crippen LogP contribution in [0.5, 0.6) is 17.2 Å². The van der Waals surface area contributed by atoms with Crippen LogP contribution >= 0.6 is 0 Å². The standard InChI is InChI=1S/C20H22O3/c1-4-13(2)11-19(15-5-7-16(21)8-6-15)14(3)18-10-9-17(22)12-20(18)23/h4-10,12-13,21-23H,1,11H2,2-3H3/b19-14+. The second-order valence-electron chi connectivity index (χ2n) is 5.77. The monoisotopic (exact) mass is 310 g/mol. The SMILES string of the molecule is C=CC(C)C/C(=C(/C)c1ccc(O)cc1O)c1ccc(O)cc1. The van der Waals surface area contributed by atoms with Gasteiger partial charge in [-0.2, -0.15) is 0 Å². The fourth-order valence-corrected chi connectivity index (χ4v) is 2.56. The van der Waals surface area contributed by atoms with Crippen molar-refractivity contribution in [3.05, 3.63) is 66.2 Å². The van der Waals surface area contributed by atoms with Gasteiger partial charge in [0.25, 0.3) is 0 Å². The van der Waals surface area contributed by atoms with Crippen molar-refractivity contribution < 1.29 is 15.3 Å². The second-order valence-corrected chi connectivity index (χ2v) is 5.77. The van der Waals surface area contributed by atoms with Gasteiger partial charge in [0.15, 0.2) is 0 Å². The van der Waals surface area contributed by atoms with Crippen molar-refractivity contribution in [1.29, 1.82) is 0 Å². The summed E-state index contributed by atoms with van der Waals surface area (Å²) in [5.41, 5.74) is 3.67. The van der Waals surface area contributed by atoms with Gasteiger partial charge in [0.1, 0.15) is 17.2 Å². The molecule has 2 rings (SSSR count). The molecule has 1 atom stereocenters. The Morgan fingerprint density at radius 2 is 1.65 bits per heavy atom. The smallest absolute Gasteiger partial charge is 0.126 e. The highest BCUT2D eigenvalue weighted by Crippen LogP contribution is 2.36. The second kappa shape index (κ2) is 7.05. The van der Waals surface area contributed by atoms with Crippen molar-refractivity contribution in [2.75, 3.05) is 0 Å². The average Bonchev–Trinajstić information content (AvgIpc) is 2.52. The zero-order valence-corrected chi connectivity index (χ0v) is 13.5. The summed E-state index contributed by atoms with van der Waals surface area (Å²) in [4.78, 5) is 0. The molecule has 0 heterocycles. The number of benzene rings is 2. The van der Waals surface area contributed by atoms with Crippen molar-refractivity contribution in [2.24, 2.45) is 5.92 Å². The van der Waals surface area contributed by atoms with E-state index >= 15 is 0 Å². The third-order valence-electron chi connectivity index (χ3n) is 3.98. The number of aromatic hydroxyl groups is 3. The van der Waals surface area contributed by atoms with Crippen LogP contribution < -0.4 is 0 Å². The van der Waals surface area contributed by atoms with Crippen molar-refractivity contribution >= 4 is 11.1 Å². The largest absolute Gasteiger partial charge is 0.508 e. The summed E-state index contributed by atoms with van der Waals surface area (Å²) in [6, 6.07) is 11.6. The molecule has 120 valence electrons. The molecule has 0 saturated heterocycles. The van der Waals surface area contributed by atoms with Gasteiger partial charge in [-0.3, -0.25) is 0 Å². The Kier molecular flexibility index (Phi) is 5.12. The normalized spacial score (nSPS) is 13.3. The van der Waals surface area contributed by atoms with Crippen molar-refractivity contribution in [2.45, 2.75) is 20.3 Å². The molecule has 2 aromatic rings. The molecule has 0 aromatic heterocycles. The zero-order chi connectivity index (χ0) is 17.0. The topological polar surface area (TPSA) is 60.7 Å². The molecule has 3 nitrogen and oxygen atoms in total. The molecule has 0 aliphatic rings. The molecule has 0 aliphatic heterocycles. The number of allylic oxidation sites excluding steroid dienone is 3. The molecule has 0 amide bonds. The Labute approximate surface area is 136 Å². The third-order valence-corrected chi connectivity index (χ3v) is 3.98. The van der Waals surface area contributed by atoms with Gasteiger partial charge in [-0.15, -0.1) is 6.58 Å². The Morgan fingerprint density at radius 3 is 2.22 bits per heavy atom. The molecule has 23 heavy (non-hydrogen) atoms. The molecule has 1 unspecified atom stereocenters. The van der Waals surface area contributed by atoms with E-state index in [4.69, 9.17) is 0 Å². The maximum Gasteiger partial charge on any atom is 0.126 e. The van der Waals surface area contributed by atoms with E-state index in [9.17, 15) is 15.3 Å². The minimum atomic E-state index is 0.0321. The lowest BCUT2D eigenvalue weighted by Gasteiger charge is -2.17. The summed E-state index contributed by atoms with van der Waals surface area (Å²) in [7, 11) is 0. The number of phenolic OH excluding ortho intramolecular Hbond substituents is 3. The first-order chi connectivity index (χ1) is 10.9. The minimum Gasteiger partial charge on any atom is -0.508 e. The van der Waals surface area contributed by atoms with E-state index < -0.39 is 0 Å². The molecule has 3 N–H and O–H groups in total. The van der Waals surface area contributed by atoms with Gasteiger partial charge in [0, 0.05) is 11.6 Å². The number of rotatable bonds is 5. The lowest BCUT2D eigenvalue weighted by atomic mass is 9.88. The number of hydrogen-bond donors (Lipinski definition) is 3. The summed E-state index contributed by atoms with van der Waals surface area (Å²) >= 11 is 0. The lowest BCUT2D eigenvalue weighted by molar-refractivity contribution is 0.449. The molecular formula is C20H22O3. The van der Waals surface area contributed by atoms with Crippen molar-refractivity contribution in [3.8, 4) is 17.2 Å². The van der Waals surface area contributed by atoms with Crippen LogP contribution in [0.25, 0.3) is 11.1 Å². The van der Waals surface area contributed by atoms with Gasteiger partial charge >= 0.3 is 0 Å². The van der Waals surface area contributed by atoms with Crippen molar-refractivity contribution in [3.63, 3.8) is 0 Å². The molecule has 0 fully saturated rings. The molecule has 0 saturated carbocycles. The van der Waals surface area contributed by atoms with Crippen LogP contribution in [-0.4, -0.2) is 15.3 Å². The minimum absolute atomic E-state index is 0.0321. The van der Waals surface area contributed by atoms with Crippen molar-refractivity contribution in [1.82, 2.24) is 0 Å². The van der Waals surface area contributed by atoms with Gasteiger partial charge in [-0.25, -0.2) is 0 Å². The zero-order valence-electron chi connectivity index (χ0n) is 13.5.